The van der Waals surface area contributed by atoms with E-state index < -0.39 is 5.60 Å². The maximum atomic E-state index is 12.2. The van der Waals surface area contributed by atoms with Crippen molar-refractivity contribution in [1.82, 2.24) is 4.90 Å². The van der Waals surface area contributed by atoms with Gasteiger partial charge in [0.15, 0.2) is 0 Å². The summed E-state index contributed by atoms with van der Waals surface area (Å²) in [5.41, 5.74) is 0.724. The van der Waals surface area contributed by atoms with E-state index in [-0.39, 0.29) is 24.5 Å². The Morgan fingerprint density at radius 2 is 1.87 bits per heavy atom. The summed E-state index contributed by atoms with van der Waals surface area (Å²) in [7, 11) is 0. The van der Waals surface area contributed by atoms with Gasteiger partial charge in [-0.05, 0) is 33.3 Å². The third kappa shape index (κ3) is 6.41. The standard InChI is InChI=1S/C20H29NO2/c1-7-14-21(16(3)17-12-10-9-11-13-17)18(8-2)15-19(22)23-20(4,5)6/h7-13,16,18H,1-2,14-15H2,3-6H3/t16-,18-/m1/s1. The van der Waals surface area contributed by atoms with Crippen molar-refractivity contribution in [2.24, 2.45) is 0 Å². The summed E-state index contributed by atoms with van der Waals surface area (Å²) >= 11 is 0. The fraction of sp³-hybridized carbons (Fsp3) is 0.450. The highest BCUT2D eigenvalue weighted by atomic mass is 16.6. The summed E-state index contributed by atoms with van der Waals surface area (Å²) in [5, 5.41) is 0. The first-order valence-electron chi connectivity index (χ1n) is 8.04. The predicted molar refractivity (Wildman–Crippen MR) is 96.2 cm³/mol. The minimum atomic E-state index is -0.475. The van der Waals surface area contributed by atoms with Gasteiger partial charge in [0.2, 0.25) is 0 Å². The summed E-state index contributed by atoms with van der Waals surface area (Å²) in [6, 6.07) is 10.3. The number of hydrogen-bond acceptors (Lipinski definition) is 3. The van der Waals surface area contributed by atoms with Crippen LogP contribution in [-0.4, -0.2) is 29.1 Å². The van der Waals surface area contributed by atoms with Crippen LogP contribution in [0, 0.1) is 0 Å². The maximum Gasteiger partial charge on any atom is 0.308 e. The maximum absolute atomic E-state index is 12.2. The molecule has 0 aliphatic rings. The lowest BCUT2D eigenvalue weighted by molar-refractivity contribution is -0.156. The average molecular weight is 315 g/mol. The van der Waals surface area contributed by atoms with E-state index in [1.807, 2.05) is 51.1 Å². The van der Waals surface area contributed by atoms with Crippen molar-refractivity contribution in [3.8, 4) is 0 Å². The van der Waals surface area contributed by atoms with E-state index in [9.17, 15) is 4.79 Å². The molecule has 0 heterocycles. The molecule has 0 saturated carbocycles. The molecule has 0 bridgehead atoms. The van der Waals surface area contributed by atoms with Crippen LogP contribution in [-0.2, 0) is 9.53 Å². The molecule has 3 heteroatoms. The van der Waals surface area contributed by atoms with E-state index in [0.29, 0.717) is 6.54 Å². The Morgan fingerprint density at radius 3 is 2.35 bits per heavy atom. The monoisotopic (exact) mass is 315 g/mol. The molecule has 0 aromatic heterocycles. The number of esters is 1. The molecule has 0 N–H and O–H groups in total. The first kappa shape index (κ1) is 19.2. The van der Waals surface area contributed by atoms with Crippen LogP contribution in [0.4, 0.5) is 0 Å². The number of carbonyl (C=O) groups excluding carboxylic acids is 1. The van der Waals surface area contributed by atoms with E-state index in [4.69, 9.17) is 4.74 Å². The zero-order chi connectivity index (χ0) is 17.5. The van der Waals surface area contributed by atoms with Gasteiger partial charge in [0.1, 0.15) is 5.60 Å². The number of rotatable bonds is 8. The molecule has 3 nitrogen and oxygen atoms in total. The van der Waals surface area contributed by atoms with Crippen LogP contribution in [0.5, 0.6) is 0 Å². The molecule has 0 spiro atoms. The van der Waals surface area contributed by atoms with Gasteiger partial charge in [0.05, 0.1) is 6.42 Å². The molecular weight excluding hydrogens is 286 g/mol. The molecule has 0 amide bonds. The van der Waals surface area contributed by atoms with Gasteiger partial charge >= 0.3 is 5.97 Å². The van der Waals surface area contributed by atoms with Gasteiger partial charge in [-0.1, -0.05) is 42.5 Å². The van der Waals surface area contributed by atoms with Crippen molar-refractivity contribution in [3.63, 3.8) is 0 Å². The minimum absolute atomic E-state index is 0.0990. The van der Waals surface area contributed by atoms with Crippen LogP contribution in [0.1, 0.15) is 45.7 Å². The summed E-state index contributed by atoms with van der Waals surface area (Å²) in [6.07, 6.45) is 3.95. The smallest absolute Gasteiger partial charge is 0.308 e. The zero-order valence-corrected chi connectivity index (χ0v) is 14.8. The molecule has 0 aliphatic carbocycles. The SMILES string of the molecule is C=CCN([C@H](C=C)CC(=O)OC(C)(C)C)[C@H](C)c1ccccc1. The van der Waals surface area contributed by atoms with Crippen molar-refractivity contribution in [1.29, 1.82) is 0 Å². The molecule has 1 aromatic rings. The van der Waals surface area contributed by atoms with Gasteiger partial charge in [0.25, 0.3) is 0 Å². The third-order valence-corrected chi connectivity index (χ3v) is 3.61. The highest BCUT2D eigenvalue weighted by Gasteiger charge is 2.26. The second-order valence-electron chi connectivity index (χ2n) is 6.67. The molecule has 0 fully saturated rings. The van der Waals surface area contributed by atoms with E-state index in [0.717, 1.165) is 0 Å². The number of ether oxygens (including phenoxy) is 1. The van der Waals surface area contributed by atoms with Crippen LogP contribution in [0.15, 0.2) is 55.6 Å². The Balaban J connectivity index is 2.90. The van der Waals surface area contributed by atoms with E-state index >= 15 is 0 Å². The molecule has 0 unspecified atom stereocenters. The average Bonchev–Trinajstić information content (AvgIpc) is 2.49. The van der Waals surface area contributed by atoms with Crippen molar-refractivity contribution < 1.29 is 9.53 Å². The van der Waals surface area contributed by atoms with Gasteiger partial charge in [-0.15, -0.1) is 13.2 Å². The number of carbonyl (C=O) groups is 1. The van der Waals surface area contributed by atoms with Crippen LogP contribution >= 0.6 is 0 Å². The summed E-state index contributed by atoms with van der Waals surface area (Å²) < 4.78 is 5.44. The lowest BCUT2D eigenvalue weighted by Crippen LogP contribution is -2.39. The highest BCUT2D eigenvalue weighted by molar-refractivity contribution is 5.71. The summed E-state index contributed by atoms with van der Waals surface area (Å²) in [4.78, 5) is 14.4. The first-order valence-corrected chi connectivity index (χ1v) is 8.04. The quantitative estimate of drug-likeness (QED) is 0.522. The van der Waals surface area contributed by atoms with Crippen LogP contribution in [0.2, 0.25) is 0 Å². The molecule has 1 rings (SSSR count). The van der Waals surface area contributed by atoms with Crippen molar-refractivity contribution >= 4 is 5.97 Å². The van der Waals surface area contributed by atoms with Gasteiger partial charge in [-0.2, -0.15) is 0 Å². The second kappa shape index (κ2) is 8.68. The molecule has 0 radical (unpaired) electrons. The van der Waals surface area contributed by atoms with Crippen LogP contribution in [0.25, 0.3) is 0 Å². The Kier molecular flexibility index (Phi) is 7.24. The topological polar surface area (TPSA) is 29.5 Å². The lowest BCUT2D eigenvalue weighted by atomic mass is 10.0. The van der Waals surface area contributed by atoms with Gasteiger partial charge in [0, 0.05) is 18.6 Å². The summed E-state index contributed by atoms with van der Waals surface area (Å²) in [5.74, 6) is -0.211. The molecule has 2 atom stereocenters. The Labute approximate surface area is 140 Å². The highest BCUT2D eigenvalue weighted by Crippen LogP contribution is 2.24. The number of benzene rings is 1. The molecule has 23 heavy (non-hydrogen) atoms. The fourth-order valence-electron chi connectivity index (χ4n) is 2.54. The lowest BCUT2D eigenvalue weighted by Gasteiger charge is -2.34. The van der Waals surface area contributed by atoms with E-state index in [1.165, 1.54) is 5.56 Å². The van der Waals surface area contributed by atoms with Gasteiger partial charge in [-0.3, -0.25) is 9.69 Å². The van der Waals surface area contributed by atoms with Crippen molar-refractivity contribution in [2.45, 2.75) is 51.8 Å². The van der Waals surface area contributed by atoms with E-state index in [1.54, 1.807) is 0 Å². The van der Waals surface area contributed by atoms with Crippen molar-refractivity contribution in [2.75, 3.05) is 6.54 Å². The Bertz CT molecular complexity index is 516. The Morgan fingerprint density at radius 1 is 1.26 bits per heavy atom. The number of nitrogens with zero attached hydrogens (tertiary/aromatic N) is 1. The fourth-order valence-corrected chi connectivity index (χ4v) is 2.54. The van der Waals surface area contributed by atoms with Gasteiger partial charge in [-0.25, -0.2) is 0 Å². The largest absolute Gasteiger partial charge is 0.460 e. The summed E-state index contributed by atoms with van der Waals surface area (Å²) in [6.45, 7) is 16.2. The molecule has 0 aliphatic heterocycles. The molecular formula is C20H29NO2. The van der Waals surface area contributed by atoms with Crippen LogP contribution < -0.4 is 0 Å². The first-order chi connectivity index (χ1) is 10.8. The molecule has 1 aromatic carbocycles. The van der Waals surface area contributed by atoms with Crippen LogP contribution in [0.3, 0.4) is 0 Å². The normalized spacial score (nSPS) is 14.1. The molecule has 0 saturated heterocycles. The third-order valence-electron chi connectivity index (χ3n) is 3.61. The Hall–Kier alpha value is -1.87. The van der Waals surface area contributed by atoms with E-state index in [2.05, 4.69) is 37.1 Å². The minimum Gasteiger partial charge on any atom is -0.460 e. The van der Waals surface area contributed by atoms with Gasteiger partial charge < -0.3 is 4.74 Å². The van der Waals surface area contributed by atoms with Crippen molar-refractivity contribution in [3.05, 3.63) is 61.2 Å². The second-order valence-corrected chi connectivity index (χ2v) is 6.67. The zero-order valence-electron chi connectivity index (χ0n) is 14.8. The molecule has 126 valence electrons. The number of hydrogen-bond donors (Lipinski definition) is 0. The predicted octanol–water partition coefficient (Wildman–Crippen LogP) is 4.52.